The average Bonchev–Trinajstić information content (AvgIpc) is 3.21. The van der Waals surface area contributed by atoms with Crippen LogP contribution in [0.25, 0.3) is 12.2 Å². The number of hydrogen-bond donors (Lipinski definition) is 0. The Morgan fingerprint density at radius 3 is 1.76 bits per heavy atom. The minimum absolute atomic E-state index is 0. The van der Waals surface area contributed by atoms with Gasteiger partial charge >= 0.3 is 148 Å². The molecule has 0 saturated carbocycles. The van der Waals surface area contributed by atoms with E-state index in [9.17, 15) is 0 Å². The molecule has 25 heavy (non-hydrogen) atoms. The molecule has 0 fully saturated rings. The van der Waals surface area contributed by atoms with Gasteiger partial charge in [-0.05, 0) is 0 Å². The van der Waals surface area contributed by atoms with Crippen LogP contribution >= 0.6 is 0 Å². The van der Waals surface area contributed by atoms with Gasteiger partial charge in [0, 0.05) is 0 Å². The zero-order chi connectivity index (χ0) is 15.6. The topological polar surface area (TPSA) is 0 Å². The molecule has 0 aromatic heterocycles. The monoisotopic (exact) mass is 551 g/mol. The maximum absolute atomic E-state index is 2.56. The number of benzene rings is 2. The molecule has 2 aliphatic carbocycles. The summed E-state index contributed by atoms with van der Waals surface area (Å²) in [6, 6.07) is 18.1. The molecule has 2 unspecified atom stereocenters. The summed E-state index contributed by atoms with van der Waals surface area (Å²) in [6.45, 7) is 2.11. The summed E-state index contributed by atoms with van der Waals surface area (Å²) in [4.78, 5) is 0. The molecule has 0 aliphatic heterocycles. The summed E-state index contributed by atoms with van der Waals surface area (Å²) >= 11 is -1.84. The molecule has 2 aromatic rings. The van der Waals surface area contributed by atoms with E-state index in [-0.39, 0.29) is 31.5 Å². The first-order valence-corrected chi connectivity index (χ1v) is 21.7. The molecule has 0 heterocycles. The van der Waals surface area contributed by atoms with E-state index in [1.54, 1.807) is 11.1 Å². The summed E-state index contributed by atoms with van der Waals surface area (Å²) in [5, 5.41) is 0. The summed E-state index contributed by atoms with van der Waals surface area (Å²) in [7, 11) is 0. The maximum Gasteiger partial charge on any atom is -1.00 e. The van der Waals surface area contributed by atoms with Crippen molar-refractivity contribution in [2.24, 2.45) is 0 Å². The Kier molecular flexibility index (Phi) is 7.69. The van der Waals surface area contributed by atoms with Crippen LogP contribution in [-0.2, 0) is 20.6 Å². The molecule has 2 atom stereocenters. The number of allylic oxidation sites excluding steroid dienone is 3. The van der Waals surface area contributed by atoms with Crippen LogP contribution in [0.5, 0.6) is 0 Å². The van der Waals surface area contributed by atoms with Gasteiger partial charge in [0.25, 0.3) is 0 Å². The molecule has 2 aliphatic rings. The van der Waals surface area contributed by atoms with Crippen molar-refractivity contribution in [2.75, 3.05) is 0 Å². The minimum Gasteiger partial charge on any atom is -1.00 e. The normalized spacial score (nSPS) is 19.7. The van der Waals surface area contributed by atoms with Crippen LogP contribution in [0.1, 0.15) is 36.5 Å². The van der Waals surface area contributed by atoms with Gasteiger partial charge in [0.2, 0.25) is 0 Å². The van der Waals surface area contributed by atoms with Gasteiger partial charge in [-0.3, -0.25) is 0 Å². The van der Waals surface area contributed by atoms with E-state index >= 15 is 0 Å². The van der Waals surface area contributed by atoms with Gasteiger partial charge in [-0.15, -0.1) is 0 Å². The summed E-state index contributed by atoms with van der Waals surface area (Å²) in [5.41, 5.74) is 8.72. The van der Waals surface area contributed by atoms with Gasteiger partial charge in [-0.25, -0.2) is 0 Å². The molecule has 4 rings (SSSR count). The van der Waals surface area contributed by atoms with E-state index in [1.807, 2.05) is 0 Å². The molecule has 127 valence electrons. The van der Waals surface area contributed by atoms with Crippen molar-refractivity contribution >= 4 is 18.9 Å². The molecule has 0 radical (unpaired) electrons. The predicted octanol–water partition coefficient (Wildman–Crippen LogP) is -1.23. The van der Waals surface area contributed by atoms with Crippen molar-refractivity contribution in [3.05, 3.63) is 94.7 Å². The molecule has 0 amide bonds. The first-order valence-electron chi connectivity index (χ1n) is 8.39. The van der Waals surface area contributed by atoms with E-state index < -0.39 is 20.6 Å². The summed E-state index contributed by atoms with van der Waals surface area (Å²) in [6.07, 6.45) is 12.1. The van der Waals surface area contributed by atoms with Crippen molar-refractivity contribution in [3.63, 3.8) is 0 Å². The molecular weight excluding hydrogens is 530 g/mol. The van der Waals surface area contributed by atoms with Crippen LogP contribution in [0.2, 0.25) is 0 Å². The Hall–Kier alpha value is -0.673. The standard InChI is InChI=1S/2C9H7.C3H7Si.2ClH.Hf/c2*1-2-5-9-7-3-6-8(9)4-1;1-2-3-4;;;/h2*1-7H;2-3H,4H2,1H3;2*1H;/q;;;;;+2/p-2. The summed E-state index contributed by atoms with van der Waals surface area (Å²) in [5.74, 6) is 0. The van der Waals surface area contributed by atoms with Gasteiger partial charge in [0.15, 0.2) is 0 Å². The quantitative estimate of drug-likeness (QED) is 0.419. The number of hydrogen-bond acceptors (Lipinski definition) is 0. The van der Waals surface area contributed by atoms with Gasteiger partial charge in [-0.2, -0.15) is 0 Å². The average molecular weight is 551 g/mol. The van der Waals surface area contributed by atoms with Crippen LogP contribution in [0.15, 0.2) is 72.5 Å². The molecule has 0 bridgehead atoms. The van der Waals surface area contributed by atoms with E-state index in [0.29, 0.717) is 0 Å². The van der Waals surface area contributed by atoms with E-state index in [1.165, 1.54) is 11.1 Å². The Balaban J connectivity index is 0.00000113. The van der Waals surface area contributed by atoms with Gasteiger partial charge < -0.3 is 24.8 Å². The first-order chi connectivity index (χ1) is 11.4. The van der Waals surface area contributed by atoms with Crippen molar-refractivity contribution in [3.8, 4) is 0 Å². The van der Waals surface area contributed by atoms with Crippen molar-refractivity contribution in [1.29, 1.82) is 0 Å². The Bertz CT molecular complexity index is 752. The SMILES string of the molecule is CC=C[SiH2][Hf+2]([CH]1C=Cc2ccccc21)[CH]1C=Cc2ccccc21.[Cl-].[Cl-]. The van der Waals surface area contributed by atoms with Crippen LogP contribution < -0.4 is 24.8 Å². The number of rotatable bonds is 4. The predicted molar refractivity (Wildman–Crippen MR) is 99.8 cm³/mol. The van der Waals surface area contributed by atoms with Crippen LogP contribution in [0.3, 0.4) is 0 Å². The summed E-state index contributed by atoms with van der Waals surface area (Å²) < 4.78 is 1.56. The molecule has 0 spiro atoms. The van der Waals surface area contributed by atoms with Crippen molar-refractivity contribution in [1.82, 2.24) is 0 Å². The fraction of sp³-hybridized carbons (Fsp3) is 0.143. The molecule has 4 heteroatoms. The Labute approximate surface area is 172 Å². The number of fused-ring (bicyclic) bond motifs is 2. The fourth-order valence-electron chi connectivity index (χ4n) is 3.85. The van der Waals surface area contributed by atoms with Crippen molar-refractivity contribution in [2.45, 2.75) is 14.3 Å². The third kappa shape index (κ3) is 4.03. The Morgan fingerprint density at radius 1 is 0.800 bits per heavy atom. The second-order valence-electron chi connectivity index (χ2n) is 6.28. The first kappa shape index (κ1) is 20.6. The Morgan fingerprint density at radius 2 is 1.28 bits per heavy atom. The van der Waals surface area contributed by atoms with E-state index in [0.717, 1.165) is 7.35 Å². The largest absolute Gasteiger partial charge is 1.00 e. The van der Waals surface area contributed by atoms with Crippen LogP contribution in [0.4, 0.5) is 0 Å². The molecule has 0 saturated heterocycles. The second kappa shape index (κ2) is 9.32. The molecule has 0 N–H and O–H groups in total. The minimum atomic E-state index is -1.84. The molecule has 2 aromatic carbocycles. The van der Waals surface area contributed by atoms with E-state index in [4.69, 9.17) is 0 Å². The van der Waals surface area contributed by atoms with E-state index in [2.05, 4.69) is 91.5 Å². The molecular formula is C21H21Cl2HfSi. The number of halogens is 2. The third-order valence-corrected chi connectivity index (χ3v) is 30.3. The maximum atomic E-state index is 2.56. The smallest absolute Gasteiger partial charge is 1.00 e. The second-order valence-corrected chi connectivity index (χ2v) is 26.8. The zero-order valence-electron chi connectivity index (χ0n) is 14.2. The van der Waals surface area contributed by atoms with Gasteiger partial charge in [0.1, 0.15) is 0 Å². The van der Waals surface area contributed by atoms with Crippen LogP contribution in [0, 0.1) is 0 Å². The van der Waals surface area contributed by atoms with Crippen LogP contribution in [-0.4, -0.2) is 6.71 Å². The molecule has 0 nitrogen and oxygen atoms in total. The zero-order valence-corrected chi connectivity index (χ0v) is 20.7. The van der Waals surface area contributed by atoms with Gasteiger partial charge in [0.05, 0.1) is 0 Å². The van der Waals surface area contributed by atoms with Crippen molar-refractivity contribution < 1.29 is 45.4 Å². The fourth-order valence-corrected chi connectivity index (χ4v) is 30.3. The van der Waals surface area contributed by atoms with Gasteiger partial charge in [-0.1, -0.05) is 0 Å². The third-order valence-electron chi connectivity index (χ3n) is 4.99.